The number of hydrogen-bond acceptors (Lipinski definition) is 14. The molecule has 13 atom stereocenters. The number of nitrogens with zero attached hydrogens (tertiary/aromatic N) is 8. The Balaban J connectivity index is 4.66. The second kappa shape index (κ2) is 40.4. The number of ether oxygens (including phenoxy) is 1. The molecule has 5 N–H and O–H groups in total. The average Bonchev–Trinajstić information content (AvgIpc) is 0.812. The third kappa shape index (κ3) is 24.8. The van der Waals surface area contributed by atoms with Crippen LogP contribution < -0.4 is 21.3 Å². The molecule has 0 saturated carbocycles. The molecule has 11 amide bonds. The molecule has 1 aliphatic rings. The zero-order chi connectivity index (χ0) is 74.3. The van der Waals surface area contributed by atoms with Crippen molar-refractivity contribution in [2.45, 2.75) is 255 Å². The predicted octanol–water partition coefficient (Wildman–Crippen LogP) is 4.69. The van der Waals surface area contributed by atoms with Crippen LogP contribution >= 0.6 is 0 Å². The van der Waals surface area contributed by atoms with Crippen molar-refractivity contribution in [3.8, 4) is 0 Å². The fourth-order valence-electron chi connectivity index (χ4n) is 12.3. The highest BCUT2D eigenvalue weighted by Crippen LogP contribution is 2.27. The monoisotopic (exact) mass is 1360 g/mol. The van der Waals surface area contributed by atoms with Crippen LogP contribution in [0.15, 0.2) is 24.8 Å². The summed E-state index contributed by atoms with van der Waals surface area (Å²) >= 11 is 0. The number of carbonyl (C=O) groups is 11. The summed E-state index contributed by atoms with van der Waals surface area (Å²) in [5.41, 5.74) is -1.10. The highest BCUT2D eigenvalue weighted by atomic mass is 16.5. The smallest absolute Gasteiger partial charge is 0.246 e. The number of amides is 11. The van der Waals surface area contributed by atoms with Crippen LogP contribution in [0.5, 0.6) is 0 Å². The van der Waals surface area contributed by atoms with Crippen molar-refractivity contribution in [3.63, 3.8) is 0 Å². The number of rotatable bonds is 23. The second-order valence-corrected chi connectivity index (χ2v) is 29.1. The number of nitrogens with one attached hydrogen (secondary N) is 4. The van der Waals surface area contributed by atoms with Crippen molar-refractivity contribution in [1.82, 2.24) is 60.5 Å². The van der Waals surface area contributed by atoms with Crippen molar-refractivity contribution >= 4 is 65.0 Å². The summed E-state index contributed by atoms with van der Waals surface area (Å²) in [5, 5.41) is 23.5. The van der Waals surface area contributed by atoms with Crippen LogP contribution in [0.4, 0.5) is 0 Å². The molecular weight excluding hydrogens is 1230 g/mol. The second-order valence-electron chi connectivity index (χ2n) is 29.1. The molecule has 0 aliphatic carbocycles. The minimum Gasteiger partial charge on any atom is -0.390 e. The van der Waals surface area contributed by atoms with E-state index in [1.54, 1.807) is 74.5 Å². The van der Waals surface area contributed by atoms with E-state index in [0.29, 0.717) is 26.1 Å². The fraction of sp³-hybridized carbons (Fsp3) is 0.789. The van der Waals surface area contributed by atoms with E-state index >= 15 is 33.6 Å². The summed E-state index contributed by atoms with van der Waals surface area (Å²) in [5.74, 6) is -9.99. The van der Waals surface area contributed by atoms with Gasteiger partial charge in [-0.25, -0.2) is 0 Å². The first-order valence-corrected chi connectivity index (χ1v) is 34.8. The molecule has 1 heterocycles. The Labute approximate surface area is 576 Å². The third-order valence-electron chi connectivity index (χ3n) is 18.6. The molecule has 1 fully saturated rings. The SMILES string of the molecule is C=CCOC(C)(C)C[C@H]1C(=O)N[C@@H](C(C)C)C(=O)N(C)[C@@H](CC(C)C)C(=O)N[C@@H](C)C(=O)N[C@H](C)C(=O)N(C)[C@@H](CC(C)C)C(=O)N(C)[C@@H](CC(C)C)C(=O)N(C)[C@@H](C(C)C)C(=O)N(C)[C@@H]([C@H](O)[C@H](C)C/C=C/C)C(=O)N[C@@H](CC)C(=O)N(C)[C@H](CCN(CC)CC)C(=O)N1C. The van der Waals surface area contributed by atoms with Crippen molar-refractivity contribution in [1.29, 1.82) is 0 Å². The topological polar surface area (TPSA) is 291 Å². The van der Waals surface area contributed by atoms with E-state index in [4.69, 9.17) is 4.74 Å². The average molecular weight is 1360 g/mol. The Hall–Kier alpha value is -6.47. The molecule has 0 aromatic heterocycles. The lowest BCUT2D eigenvalue weighted by Gasteiger charge is -2.42. The van der Waals surface area contributed by atoms with Gasteiger partial charge in [-0.15, -0.1) is 6.58 Å². The van der Waals surface area contributed by atoms with Crippen LogP contribution in [0.25, 0.3) is 0 Å². The van der Waals surface area contributed by atoms with Gasteiger partial charge < -0.3 is 70.3 Å². The van der Waals surface area contributed by atoms with Gasteiger partial charge in [0.2, 0.25) is 65.0 Å². The van der Waals surface area contributed by atoms with E-state index in [-0.39, 0.29) is 62.9 Å². The molecule has 1 aliphatic heterocycles. The number of allylic oxidation sites excluding steroid dienone is 2. The fourth-order valence-corrected chi connectivity index (χ4v) is 12.3. The lowest BCUT2D eigenvalue weighted by atomic mass is 9.91. The van der Waals surface area contributed by atoms with Crippen molar-refractivity contribution in [3.05, 3.63) is 24.8 Å². The van der Waals surface area contributed by atoms with Gasteiger partial charge in [0.25, 0.3) is 0 Å². The Morgan fingerprint density at radius 3 is 1.43 bits per heavy atom. The van der Waals surface area contributed by atoms with Crippen LogP contribution in [0.2, 0.25) is 0 Å². The summed E-state index contributed by atoms with van der Waals surface area (Å²) in [6.07, 6.45) is 4.24. The number of carbonyl (C=O) groups excluding carboxylic acids is 11. The maximum absolute atomic E-state index is 15.6. The molecule has 1 saturated heterocycles. The van der Waals surface area contributed by atoms with Gasteiger partial charge in [0.15, 0.2) is 0 Å². The first-order valence-electron chi connectivity index (χ1n) is 34.8. The molecule has 25 nitrogen and oxygen atoms in total. The maximum atomic E-state index is 15.6. The molecule has 0 bridgehead atoms. The normalized spacial score (nSPS) is 26.1. The zero-order valence-corrected chi connectivity index (χ0v) is 63.5. The van der Waals surface area contributed by atoms with E-state index in [1.165, 1.54) is 92.6 Å². The molecule has 0 aromatic rings. The Bertz CT molecular complexity index is 2630. The quantitative estimate of drug-likeness (QED) is 0.0868. The summed E-state index contributed by atoms with van der Waals surface area (Å²) < 4.78 is 6.16. The molecule has 96 heavy (non-hydrogen) atoms. The Morgan fingerprint density at radius 1 is 0.521 bits per heavy atom. The Morgan fingerprint density at radius 2 is 0.958 bits per heavy atom. The summed E-state index contributed by atoms with van der Waals surface area (Å²) in [6.45, 7) is 39.0. The van der Waals surface area contributed by atoms with Crippen molar-refractivity contribution in [2.24, 2.45) is 35.5 Å². The van der Waals surface area contributed by atoms with Crippen LogP contribution in [0, 0.1) is 35.5 Å². The van der Waals surface area contributed by atoms with Gasteiger partial charge in [0.1, 0.15) is 66.5 Å². The van der Waals surface area contributed by atoms with E-state index in [1.807, 2.05) is 61.5 Å². The van der Waals surface area contributed by atoms with Crippen molar-refractivity contribution < 1.29 is 62.6 Å². The summed E-state index contributed by atoms with van der Waals surface area (Å²) in [4.78, 5) is 176. The van der Waals surface area contributed by atoms with Crippen molar-refractivity contribution in [2.75, 3.05) is 75.6 Å². The number of likely N-dealkylation sites (N-methyl/N-ethyl adjacent to an activating group) is 7. The van der Waals surface area contributed by atoms with Crippen LogP contribution in [0.3, 0.4) is 0 Å². The van der Waals surface area contributed by atoms with E-state index in [2.05, 4.69) is 32.7 Å². The Kier molecular flexibility index (Phi) is 36.9. The first-order chi connectivity index (χ1) is 44.5. The molecule has 0 radical (unpaired) electrons. The highest BCUT2D eigenvalue weighted by molar-refractivity contribution is 6.00. The molecule has 0 spiro atoms. The number of aliphatic hydroxyl groups is 1. The molecule has 0 aromatic carbocycles. The van der Waals surface area contributed by atoms with Gasteiger partial charge in [-0.05, 0) is 122 Å². The molecule has 550 valence electrons. The van der Waals surface area contributed by atoms with Crippen LogP contribution in [-0.4, -0.2) is 263 Å². The van der Waals surface area contributed by atoms with Gasteiger partial charge in [-0.2, -0.15) is 0 Å². The van der Waals surface area contributed by atoms with E-state index < -0.39 is 161 Å². The van der Waals surface area contributed by atoms with E-state index in [9.17, 15) is 24.3 Å². The van der Waals surface area contributed by atoms with Crippen LogP contribution in [0.1, 0.15) is 176 Å². The standard InChI is InChI=1S/C71H128N12O13/c1-28-33-34-47(16)59(84)58-63(88)74-50(30-3)65(90)76(21)51(35-36-83(31-4)32-5)66(91)80(25)55(41-71(19,20)96-37-29-2)62(87)75-56(45(12)13)69(94)77(22)52(38-42(6)7)61(86)72-48(17)60(85)73-49(18)64(89)78(23)53(39-43(8)9)67(92)79(24)54(40-44(10)11)68(93)81(26)57(46(14)15)70(95)82(58)27/h28-29,33,42-59,84H,2,30-32,34-41H2,1,3-27H3,(H,72,86)(H,73,85)(H,74,88)(H,75,87)/b33-28+/t47-,48+,49-,50+,51-,52+,53+,54+,55+,56+,57+,58+,59-/m1/s1. The first kappa shape index (κ1) is 87.5. The summed E-state index contributed by atoms with van der Waals surface area (Å²) in [7, 11) is 10.0. The van der Waals surface area contributed by atoms with E-state index in [0.717, 1.165) is 4.90 Å². The highest BCUT2D eigenvalue weighted by Gasteiger charge is 2.47. The molecular formula is C71H128N12O13. The zero-order valence-electron chi connectivity index (χ0n) is 63.5. The maximum Gasteiger partial charge on any atom is 0.246 e. The summed E-state index contributed by atoms with van der Waals surface area (Å²) in [6, 6.07) is -14.2. The molecule has 1 rings (SSSR count). The number of hydrogen-bond donors (Lipinski definition) is 5. The van der Waals surface area contributed by atoms with Gasteiger partial charge >= 0.3 is 0 Å². The van der Waals surface area contributed by atoms with Gasteiger partial charge in [-0.1, -0.05) is 115 Å². The molecule has 0 unspecified atom stereocenters. The van der Waals surface area contributed by atoms with Gasteiger partial charge in [0, 0.05) is 62.3 Å². The van der Waals surface area contributed by atoms with Crippen LogP contribution in [-0.2, 0) is 57.5 Å². The van der Waals surface area contributed by atoms with Gasteiger partial charge in [-0.3, -0.25) is 52.7 Å². The number of aliphatic hydroxyl groups excluding tert-OH is 1. The third-order valence-corrected chi connectivity index (χ3v) is 18.6. The lowest BCUT2D eigenvalue weighted by molar-refractivity contribution is -0.157. The largest absolute Gasteiger partial charge is 0.390 e. The lowest BCUT2D eigenvalue weighted by Crippen LogP contribution is -2.64. The predicted molar refractivity (Wildman–Crippen MR) is 375 cm³/mol. The van der Waals surface area contributed by atoms with Gasteiger partial charge in [0.05, 0.1) is 18.3 Å². The molecule has 25 heteroatoms. The minimum atomic E-state index is -1.65. The minimum absolute atomic E-state index is 0.0146.